The van der Waals surface area contributed by atoms with E-state index in [4.69, 9.17) is 10.00 Å². The average Bonchev–Trinajstić information content (AvgIpc) is 3.08. The number of aromatic nitrogens is 3. The van der Waals surface area contributed by atoms with E-state index in [1.165, 1.54) is 0 Å². The molecule has 1 atom stereocenters. The molecule has 0 bridgehead atoms. The Morgan fingerprint density at radius 1 is 1.32 bits per heavy atom. The quantitative estimate of drug-likeness (QED) is 0.872. The van der Waals surface area contributed by atoms with Crippen LogP contribution < -0.4 is 10.6 Å². The predicted molar refractivity (Wildman–Crippen MR) is 81.7 cm³/mol. The highest BCUT2D eigenvalue weighted by Gasteiger charge is 2.15. The Morgan fingerprint density at radius 2 is 2.18 bits per heavy atom. The number of ether oxygens (including phenoxy) is 1. The first kappa shape index (κ1) is 14.2. The van der Waals surface area contributed by atoms with Gasteiger partial charge in [0.05, 0.1) is 23.9 Å². The van der Waals surface area contributed by atoms with Crippen LogP contribution in [0.3, 0.4) is 0 Å². The van der Waals surface area contributed by atoms with Gasteiger partial charge in [-0.2, -0.15) is 15.3 Å². The SMILES string of the molecule is N#Cc1ccc(Nc2nncc(NCC3CCCO3)n2)cc1. The second kappa shape index (κ2) is 6.83. The molecule has 1 saturated heterocycles. The summed E-state index contributed by atoms with van der Waals surface area (Å²) in [6.07, 6.45) is 4.01. The Kier molecular flexibility index (Phi) is 4.41. The van der Waals surface area contributed by atoms with Crippen molar-refractivity contribution in [1.82, 2.24) is 15.2 Å². The van der Waals surface area contributed by atoms with Gasteiger partial charge in [-0.05, 0) is 37.1 Å². The molecule has 2 N–H and O–H groups in total. The van der Waals surface area contributed by atoms with Gasteiger partial charge < -0.3 is 15.4 Å². The Morgan fingerprint density at radius 3 is 2.91 bits per heavy atom. The number of benzene rings is 1. The Bertz CT molecular complexity index is 660. The van der Waals surface area contributed by atoms with Crippen molar-refractivity contribution < 1.29 is 4.74 Å². The lowest BCUT2D eigenvalue weighted by atomic mass is 10.2. The van der Waals surface area contributed by atoms with Crippen molar-refractivity contribution in [2.75, 3.05) is 23.8 Å². The molecule has 3 rings (SSSR count). The summed E-state index contributed by atoms with van der Waals surface area (Å²) in [5.41, 5.74) is 1.41. The third-order valence-corrected chi connectivity index (χ3v) is 3.36. The highest BCUT2D eigenvalue weighted by molar-refractivity contribution is 5.55. The van der Waals surface area contributed by atoms with Crippen molar-refractivity contribution >= 4 is 17.5 Å². The summed E-state index contributed by atoms with van der Waals surface area (Å²) in [6, 6.07) is 9.14. The summed E-state index contributed by atoms with van der Waals surface area (Å²) < 4.78 is 5.55. The van der Waals surface area contributed by atoms with Crippen LogP contribution in [-0.2, 0) is 4.74 Å². The number of nitrogens with one attached hydrogen (secondary N) is 2. The van der Waals surface area contributed by atoms with Crippen LogP contribution in [0.2, 0.25) is 0 Å². The monoisotopic (exact) mass is 296 g/mol. The maximum atomic E-state index is 8.78. The summed E-state index contributed by atoms with van der Waals surface area (Å²) >= 11 is 0. The fourth-order valence-electron chi connectivity index (χ4n) is 2.22. The number of hydrogen-bond donors (Lipinski definition) is 2. The number of hydrogen-bond acceptors (Lipinski definition) is 7. The first-order valence-corrected chi connectivity index (χ1v) is 7.16. The van der Waals surface area contributed by atoms with Crippen molar-refractivity contribution in [3.8, 4) is 6.07 Å². The molecule has 1 aliphatic heterocycles. The minimum Gasteiger partial charge on any atom is -0.376 e. The van der Waals surface area contributed by atoms with Gasteiger partial charge in [-0.15, -0.1) is 5.10 Å². The van der Waals surface area contributed by atoms with Gasteiger partial charge in [0.2, 0.25) is 5.95 Å². The first-order chi connectivity index (χ1) is 10.8. The van der Waals surface area contributed by atoms with Gasteiger partial charge in [0, 0.05) is 18.8 Å². The second-order valence-corrected chi connectivity index (χ2v) is 5.00. The van der Waals surface area contributed by atoms with E-state index in [1.807, 2.05) is 0 Å². The molecular formula is C15H16N6O. The number of anilines is 3. The van der Waals surface area contributed by atoms with Crippen LogP contribution in [0.4, 0.5) is 17.5 Å². The third-order valence-electron chi connectivity index (χ3n) is 3.36. The number of nitrogens with zero attached hydrogens (tertiary/aromatic N) is 4. The van der Waals surface area contributed by atoms with Gasteiger partial charge in [0.1, 0.15) is 0 Å². The molecule has 7 heteroatoms. The van der Waals surface area contributed by atoms with E-state index >= 15 is 0 Å². The van der Waals surface area contributed by atoms with Crippen LogP contribution in [0, 0.1) is 11.3 Å². The molecule has 7 nitrogen and oxygen atoms in total. The van der Waals surface area contributed by atoms with Gasteiger partial charge in [-0.3, -0.25) is 0 Å². The Labute approximate surface area is 128 Å². The zero-order valence-electron chi connectivity index (χ0n) is 12.0. The Balaban J connectivity index is 1.61. The molecule has 2 heterocycles. The normalized spacial score (nSPS) is 17.0. The van der Waals surface area contributed by atoms with Gasteiger partial charge in [-0.1, -0.05) is 0 Å². The smallest absolute Gasteiger partial charge is 0.249 e. The second-order valence-electron chi connectivity index (χ2n) is 5.00. The highest BCUT2D eigenvalue weighted by Crippen LogP contribution is 2.15. The standard InChI is InChI=1S/C15H16N6O/c16-8-11-3-5-12(6-4-11)19-15-20-14(10-18-21-15)17-9-13-2-1-7-22-13/h3-6,10,13H,1-2,7,9H2,(H2,17,19,20,21). The molecule has 0 amide bonds. The van der Waals surface area contributed by atoms with Crippen LogP contribution in [0.5, 0.6) is 0 Å². The fraction of sp³-hybridized carbons (Fsp3) is 0.333. The van der Waals surface area contributed by atoms with E-state index in [0.717, 1.165) is 31.7 Å². The van der Waals surface area contributed by atoms with Gasteiger partial charge in [0.15, 0.2) is 5.82 Å². The molecule has 112 valence electrons. The molecular weight excluding hydrogens is 280 g/mol. The topological polar surface area (TPSA) is 95.8 Å². The summed E-state index contributed by atoms with van der Waals surface area (Å²) in [4.78, 5) is 4.36. The molecule has 1 aromatic heterocycles. The molecule has 0 radical (unpaired) electrons. The molecule has 1 aromatic carbocycles. The zero-order chi connectivity index (χ0) is 15.2. The van der Waals surface area contributed by atoms with Gasteiger partial charge >= 0.3 is 0 Å². The van der Waals surface area contributed by atoms with E-state index in [9.17, 15) is 0 Å². The maximum Gasteiger partial charge on any atom is 0.249 e. The molecule has 0 aliphatic carbocycles. The predicted octanol–water partition coefficient (Wildman–Crippen LogP) is 2.08. The van der Waals surface area contributed by atoms with Crippen LogP contribution in [0.15, 0.2) is 30.5 Å². The van der Waals surface area contributed by atoms with Crippen LogP contribution in [-0.4, -0.2) is 34.4 Å². The van der Waals surface area contributed by atoms with Crippen LogP contribution in [0.25, 0.3) is 0 Å². The summed E-state index contributed by atoms with van der Waals surface area (Å²) in [5.74, 6) is 1.06. The summed E-state index contributed by atoms with van der Waals surface area (Å²) in [5, 5.41) is 22.9. The molecule has 1 aliphatic rings. The lowest BCUT2D eigenvalue weighted by Gasteiger charge is -2.11. The molecule has 1 fully saturated rings. The van der Waals surface area contributed by atoms with Crippen molar-refractivity contribution in [2.45, 2.75) is 18.9 Å². The van der Waals surface area contributed by atoms with E-state index in [0.29, 0.717) is 17.3 Å². The average molecular weight is 296 g/mol. The van der Waals surface area contributed by atoms with E-state index in [1.54, 1.807) is 30.5 Å². The van der Waals surface area contributed by atoms with E-state index in [2.05, 4.69) is 31.9 Å². The summed E-state index contributed by atoms with van der Waals surface area (Å²) in [7, 11) is 0. The van der Waals surface area contributed by atoms with Crippen molar-refractivity contribution in [3.63, 3.8) is 0 Å². The fourth-order valence-corrected chi connectivity index (χ4v) is 2.22. The molecule has 0 saturated carbocycles. The van der Waals surface area contributed by atoms with E-state index < -0.39 is 0 Å². The minimum atomic E-state index is 0.241. The number of rotatable bonds is 5. The molecule has 22 heavy (non-hydrogen) atoms. The summed E-state index contributed by atoms with van der Waals surface area (Å²) in [6.45, 7) is 1.55. The van der Waals surface area contributed by atoms with Crippen molar-refractivity contribution in [3.05, 3.63) is 36.0 Å². The zero-order valence-corrected chi connectivity index (χ0v) is 12.0. The Hall–Kier alpha value is -2.72. The van der Waals surface area contributed by atoms with Crippen LogP contribution >= 0.6 is 0 Å². The first-order valence-electron chi connectivity index (χ1n) is 7.16. The highest BCUT2D eigenvalue weighted by atomic mass is 16.5. The lowest BCUT2D eigenvalue weighted by Crippen LogP contribution is -2.19. The molecule has 1 unspecified atom stereocenters. The molecule has 0 spiro atoms. The van der Waals surface area contributed by atoms with Crippen molar-refractivity contribution in [1.29, 1.82) is 5.26 Å². The van der Waals surface area contributed by atoms with Crippen LogP contribution in [0.1, 0.15) is 18.4 Å². The van der Waals surface area contributed by atoms with Gasteiger partial charge in [0.25, 0.3) is 0 Å². The lowest BCUT2D eigenvalue weighted by molar-refractivity contribution is 0.120. The van der Waals surface area contributed by atoms with E-state index in [-0.39, 0.29) is 6.10 Å². The van der Waals surface area contributed by atoms with Crippen molar-refractivity contribution in [2.24, 2.45) is 0 Å². The van der Waals surface area contributed by atoms with Gasteiger partial charge in [-0.25, -0.2) is 0 Å². The molecule has 2 aromatic rings. The number of nitriles is 1. The maximum absolute atomic E-state index is 8.78. The minimum absolute atomic E-state index is 0.241. The third kappa shape index (κ3) is 3.68. The largest absolute Gasteiger partial charge is 0.376 e.